The number of piperidine rings is 1. The maximum atomic E-state index is 12.3. The van der Waals surface area contributed by atoms with Gasteiger partial charge in [0, 0.05) is 32.6 Å². The molecule has 1 fully saturated rings. The van der Waals surface area contributed by atoms with E-state index in [1.165, 1.54) is 11.0 Å². The van der Waals surface area contributed by atoms with Crippen LogP contribution in [0.15, 0.2) is 0 Å². The Morgan fingerprint density at radius 1 is 1.65 bits per heavy atom. The second kappa shape index (κ2) is 5.36. The molecular weight excluding hydrogens is 235 g/mol. The van der Waals surface area contributed by atoms with Crippen LogP contribution in [-0.2, 0) is 4.79 Å². The second-order valence-corrected chi connectivity index (χ2v) is 4.14. The molecule has 1 N–H and O–H groups in total. The van der Waals surface area contributed by atoms with Gasteiger partial charge < -0.3 is 10.2 Å². The zero-order valence-electron chi connectivity index (χ0n) is 9.42. The van der Waals surface area contributed by atoms with E-state index in [-0.39, 0.29) is 11.9 Å². The number of carbonyl (C=O) groups is 1. The molecule has 0 spiro atoms. The number of carbonyl (C=O) groups excluding carboxylic acids is 1. The third-order valence-electron chi connectivity index (χ3n) is 2.79. The molecule has 7 heteroatoms. The van der Waals surface area contributed by atoms with Crippen molar-refractivity contribution in [1.82, 2.24) is 10.2 Å². The van der Waals surface area contributed by atoms with Crippen LogP contribution in [0, 0.1) is 17.2 Å². The number of alkyl halides is 3. The maximum absolute atomic E-state index is 12.3. The van der Waals surface area contributed by atoms with Crippen LogP contribution in [0.2, 0.25) is 0 Å². The van der Waals surface area contributed by atoms with Crippen LogP contribution in [0.1, 0.15) is 12.8 Å². The first-order valence-electron chi connectivity index (χ1n) is 5.28. The van der Waals surface area contributed by atoms with Gasteiger partial charge in [-0.3, -0.25) is 4.79 Å². The molecule has 2 atom stereocenters. The Morgan fingerprint density at radius 3 is 2.76 bits per heavy atom. The summed E-state index contributed by atoms with van der Waals surface area (Å²) in [5.74, 6) is -2.00. The minimum absolute atomic E-state index is 0.00398. The van der Waals surface area contributed by atoms with Gasteiger partial charge in [0.2, 0.25) is 5.91 Å². The Morgan fingerprint density at radius 2 is 2.29 bits per heavy atom. The van der Waals surface area contributed by atoms with Gasteiger partial charge >= 0.3 is 6.18 Å². The molecule has 1 heterocycles. The number of likely N-dealkylation sites (N-methyl/N-ethyl adjacent to an activating group) is 1. The Bertz CT molecular complexity index is 324. The van der Waals surface area contributed by atoms with Crippen molar-refractivity contribution in [2.75, 3.05) is 20.1 Å². The van der Waals surface area contributed by atoms with Gasteiger partial charge in [-0.25, -0.2) is 0 Å². The molecule has 96 valence electrons. The molecule has 1 aliphatic heterocycles. The predicted octanol–water partition coefficient (Wildman–Crippen LogP) is 0.899. The summed E-state index contributed by atoms with van der Waals surface area (Å²) >= 11 is 0. The molecule has 0 aliphatic carbocycles. The van der Waals surface area contributed by atoms with Crippen LogP contribution >= 0.6 is 0 Å². The van der Waals surface area contributed by atoms with E-state index in [1.807, 2.05) is 0 Å². The van der Waals surface area contributed by atoms with Crippen LogP contribution in [0.4, 0.5) is 13.2 Å². The quantitative estimate of drug-likeness (QED) is 0.808. The highest BCUT2D eigenvalue weighted by Crippen LogP contribution is 2.25. The standard InChI is InChI=1S/C10H14F3N3O/c1-16-6-8(2-3-9(16)17)15-5-7(4-14)10(11,12)13/h7-8,15H,2-3,5-6H2,1H3. The highest BCUT2D eigenvalue weighted by Gasteiger charge is 2.40. The Kier molecular flexibility index (Phi) is 4.34. The summed E-state index contributed by atoms with van der Waals surface area (Å²) in [6, 6.07) is 1.06. The van der Waals surface area contributed by atoms with E-state index in [0.29, 0.717) is 19.4 Å². The number of nitriles is 1. The fraction of sp³-hybridized carbons (Fsp3) is 0.800. The van der Waals surface area contributed by atoms with E-state index >= 15 is 0 Å². The predicted molar refractivity (Wildman–Crippen MR) is 53.8 cm³/mol. The van der Waals surface area contributed by atoms with E-state index in [1.54, 1.807) is 7.05 Å². The minimum Gasteiger partial charge on any atom is -0.344 e. The second-order valence-electron chi connectivity index (χ2n) is 4.14. The average Bonchev–Trinajstić information content (AvgIpc) is 2.22. The lowest BCUT2D eigenvalue weighted by atomic mass is 10.0. The molecule has 4 nitrogen and oxygen atoms in total. The van der Waals surface area contributed by atoms with Gasteiger partial charge in [0.05, 0.1) is 6.07 Å². The lowest BCUT2D eigenvalue weighted by Crippen LogP contribution is -2.48. The van der Waals surface area contributed by atoms with Crippen molar-refractivity contribution in [3.8, 4) is 6.07 Å². The van der Waals surface area contributed by atoms with Gasteiger partial charge in [0.15, 0.2) is 5.92 Å². The summed E-state index contributed by atoms with van der Waals surface area (Å²) in [5.41, 5.74) is 0. The fourth-order valence-electron chi connectivity index (χ4n) is 1.70. The Balaban J connectivity index is 2.41. The zero-order valence-corrected chi connectivity index (χ0v) is 9.42. The number of hydrogen-bond donors (Lipinski definition) is 1. The normalized spacial score (nSPS) is 23.4. The number of amides is 1. The molecule has 2 unspecified atom stereocenters. The van der Waals surface area contributed by atoms with E-state index in [9.17, 15) is 18.0 Å². The monoisotopic (exact) mass is 249 g/mol. The Hall–Kier alpha value is -1.29. The highest BCUT2D eigenvalue weighted by molar-refractivity contribution is 5.76. The smallest absolute Gasteiger partial charge is 0.344 e. The van der Waals surface area contributed by atoms with E-state index in [4.69, 9.17) is 5.26 Å². The molecule has 1 aliphatic rings. The Labute approximate surface area is 97.4 Å². The molecule has 1 amide bonds. The lowest BCUT2D eigenvalue weighted by Gasteiger charge is -2.30. The average molecular weight is 249 g/mol. The first kappa shape index (κ1) is 13.8. The van der Waals surface area contributed by atoms with E-state index < -0.39 is 18.6 Å². The van der Waals surface area contributed by atoms with Crippen LogP contribution in [0.3, 0.4) is 0 Å². The molecule has 0 saturated carbocycles. The van der Waals surface area contributed by atoms with Gasteiger partial charge in [0.25, 0.3) is 0 Å². The SMILES string of the molecule is CN1CC(NCC(C#N)C(F)(F)F)CCC1=O. The zero-order chi connectivity index (χ0) is 13.1. The van der Waals surface area contributed by atoms with Gasteiger partial charge in [-0.05, 0) is 6.42 Å². The van der Waals surface area contributed by atoms with E-state index in [2.05, 4.69) is 5.32 Å². The summed E-state index contributed by atoms with van der Waals surface area (Å²) in [5, 5.41) is 11.1. The van der Waals surface area contributed by atoms with Crippen molar-refractivity contribution in [3.05, 3.63) is 0 Å². The van der Waals surface area contributed by atoms with Crippen molar-refractivity contribution in [2.24, 2.45) is 5.92 Å². The number of nitrogens with one attached hydrogen (secondary N) is 1. The third kappa shape index (κ3) is 3.89. The number of rotatable bonds is 3. The van der Waals surface area contributed by atoms with Crippen molar-refractivity contribution in [2.45, 2.75) is 25.1 Å². The molecule has 0 aromatic carbocycles. The van der Waals surface area contributed by atoms with Gasteiger partial charge in [-0.15, -0.1) is 0 Å². The van der Waals surface area contributed by atoms with Crippen LogP contribution < -0.4 is 5.32 Å². The molecular formula is C10H14F3N3O. The van der Waals surface area contributed by atoms with Crippen molar-refractivity contribution >= 4 is 5.91 Å². The summed E-state index contributed by atoms with van der Waals surface area (Å²) in [4.78, 5) is 12.6. The largest absolute Gasteiger partial charge is 0.405 e. The first-order chi connectivity index (χ1) is 7.84. The fourth-order valence-corrected chi connectivity index (χ4v) is 1.70. The lowest BCUT2D eigenvalue weighted by molar-refractivity contribution is -0.158. The van der Waals surface area contributed by atoms with Gasteiger partial charge in [-0.1, -0.05) is 0 Å². The maximum Gasteiger partial charge on any atom is 0.405 e. The van der Waals surface area contributed by atoms with Gasteiger partial charge in [-0.2, -0.15) is 18.4 Å². The number of halogens is 3. The molecule has 0 aromatic rings. The summed E-state index contributed by atoms with van der Waals surface area (Å²) in [7, 11) is 1.61. The van der Waals surface area contributed by atoms with Crippen LogP contribution in [-0.4, -0.2) is 43.2 Å². The summed E-state index contributed by atoms with van der Waals surface area (Å²) < 4.78 is 36.9. The van der Waals surface area contributed by atoms with Crippen LogP contribution in [0.5, 0.6) is 0 Å². The molecule has 1 saturated heterocycles. The molecule has 0 bridgehead atoms. The first-order valence-corrected chi connectivity index (χ1v) is 5.28. The topological polar surface area (TPSA) is 56.1 Å². The van der Waals surface area contributed by atoms with Crippen molar-refractivity contribution in [1.29, 1.82) is 5.26 Å². The number of hydrogen-bond acceptors (Lipinski definition) is 3. The molecule has 0 aromatic heterocycles. The van der Waals surface area contributed by atoms with Crippen molar-refractivity contribution in [3.63, 3.8) is 0 Å². The number of likely N-dealkylation sites (tertiary alicyclic amines) is 1. The molecule has 0 radical (unpaired) electrons. The third-order valence-corrected chi connectivity index (χ3v) is 2.79. The van der Waals surface area contributed by atoms with Gasteiger partial charge in [0.1, 0.15) is 0 Å². The molecule has 1 rings (SSSR count). The highest BCUT2D eigenvalue weighted by atomic mass is 19.4. The molecule has 17 heavy (non-hydrogen) atoms. The van der Waals surface area contributed by atoms with Crippen molar-refractivity contribution < 1.29 is 18.0 Å². The summed E-state index contributed by atoms with van der Waals surface area (Å²) in [6.07, 6.45) is -3.66. The van der Waals surface area contributed by atoms with E-state index in [0.717, 1.165) is 0 Å². The number of nitrogens with zero attached hydrogens (tertiary/aromatic N) is 2. The minimum atomic E-state index is -4.50. The van der Waals surface area contributed by atoms with Crippen LogP contribution in [0.25, 0.3) is 0 Å². The summed E-state index contributed by atoms with van der Waals surface area (Å²) in [6.45, 7) is -0.0401.